The van der Waals surface area contributed by atoms with Crippen molar-refractivity contribution in [1.29, 1.82) is 0 Å². The van der Waals surface area contributed by atoms with Gasteiger partial charge < -0.3 is 9.84 Å². The Morgan fingerprint density at radius 3 is 2.81 bits per heavy atom. The summed E-state index contributed by atoms with van der Waals surface area (Å²) in [5.41, 5.74) is 0.954. The molecule has 0 bridgehead atoms. The Labute approximate surface area is 150 Å². The van der Waals surface area contributed by atoms with E-state index in [9.17, 15) is 17.9 Å². The van der Waals surface area contributed by atoms with Crippen LogP contribution in [0.15, 0.2) is 56.9 Å². The zero-order valence-electron chi connectivity index (χ0n) is 13.8. The first-order valence-corrected chi connectivity index (χ1v) is 9.10. The number of amidine groups is 1. The second kappa shape index (κ2) is 7.22. The number of sulfonamides is 1. The van der Waals surface area contributed by atoms with E-state index < -0.39 is 15.8 Å². The molecule has 0 unspecified atom stereocenters. The molecule has 7 nitrogen and oxygen atoms in total. The monoisotopic (exact) mass is 377 g/mol. The van der Waals surface area contributed by atoms with Crippen molar-refractivity contribution in [3.8, 4) is 5.75 Å². The molecule has 1 aliphatic heterocycles. The summed E-state index contributed by atoms with van der Waals surface area (Å²) in [6.07, 6.45) is 1.41. The lowest BCUT2D eigenvalue weighted by molar-refractivity contribution is 0.254. The molecule has 0 saturated heterocycles. The number of hydrogen-bond acceptors (Lipinski definition) is 6. The number of hydrazone groups is 1. The fourth-order valence-electron chi connectivity index (χ4n) is 2.48. The van der Waals surface area contributed by atoms with E-state index in [0.717, 1.165) is 0 Å². The maximum Gasteiger partial charge on any atom is 0.285 e. The van der Waals surface area contributed by atoms with Gasteiger partial charge in [0, 0.05) is 5.56 Å². The maximum atomic E-state index is 13.5. The molecule has 1 N–H and O–H groups in total. The molecule has 0 saturated carbocycles. The molecule has 1 heterocycles. The van der Waals surface area contributed by atoms with Crippen LogP contribution in [-0.2, 0) is 10.0 Å². The summed E-state index contributed by atoms with van der Waals surface area (Å²) in [4.78, 5) is 0.0941. The van der Waals surface area contributed by atoms with Gasteiger partial charge in [0.25, 0.3) is 10.0 Å². The SMILES string of the molecule is COc1cc(/C=N/N(CCO)C2=NS(=O)(=O)c3ccccc32)ccc1F. The smallest absolute Gasteiger partial charge is 0.285 e. The fraction of sp³-hybridized carbons (Fsp3) is 0.176. The predicted octanol–water partition coefficient (Wildman–Crippen LogP) is 1.61. The van der Waals surface area contributed by atoms with E-state index >= 15 is 0 Å². The largest absolute Gasteiger partial charge is 0.494 e. The fourth-order valence-corrected chi connectivity index (χ4v) is 3.69. The molecule has 1 aliphatic rings. The predicted molar refractivity (Wildman–Crippen MR) is 94.5 cm³/mol. The van der Waals surface area contributed by atoms with E-state index in [1.165, 1.54) is 42.6 Å². The average Bonchev–Trinajstić information content (AvgIpc) is 2.91. The molecule has 0 amide bonds. The van der Waals surface area contributed by atoms with Crippen molar-refractivity contribution in [2.45, 2.75) is 4.90 Å². The molecule has 0 spiro atoms. The average molecular weight is 377 g/mol. The van der Waals surface area contributed by atoms with Gasteiger partial charge in [0.05, 0.1) is 26.5 Å². The molecule has 3 rings (SSSR count). The van der Waals surface area contributed by atoms with Crippen LogP contribution in [0.25, 0.3) is 0 Å². The zero-order chi connectivity index (χ0) is 18.7. The van der Waals surface area contributed by atoms with Gasteiger partial charge in [0.2, 0.25) is 0 Å². The summed E-state index contributed by atoms with van der Waals surface area (Å²) in [6, 6.07) is 10.6. The van der Waals surface area contributed by atoms with Crippen LogP contribution in [0.1, 0.15) is 11.1 Å². The highest BCUT2D eigenvalue weighted by molar-refractivity contribution is 7.90. The van der Waals surface area contributed by atoms with E-state index in [0.29, 0.717) is 11.1 Å². The lowest BCUT2D eigenvalue weighted by atomic mass is 10.2. The van der Waals surface area contributed by atoms with Crippen LogP contribution in [0, 0.1) is 5.82 Å². The molecule has 136 valence electrons. The number of aliphatic hydroxyl groups excluding tert-OH is 1. The third-order valence-corrected chi connectivity index (χ3v) is 5.02. The Hall–Kier alpha value is -2.78. The summed E-state index contributed by atoms with van der Waals surface area (Å²) in [7, 11) is -2.44. The summed E-state index contributed by atoms with van der Waals surface area (Å²) in [6.45, 7) is -0.219. The van der Waals surface area contributed by atoms with Crippen molar-refractivity contribution >= 4 is 22.1 Å². The number of fused-ring (bicyclic) bond motifs is 1. The topological polar surface area (TPSA) is 91.6 Å². The highest BCUT2D eigenvalue weighted by Gasteiger charge is 2.31. The number of benzene rings is 2. The number of aliphatic hydroxyl groups is 1. The van der Waals surface area contributed by atoms with Crippen molar-refractivity contribution in [1.82, 2.24) is 5.01 Å². The van der Waals surface area contributed by atoms with Gasteiger partial charge in [-0.25, -0.2) is 9.40 Å². The molecular weight excluding hydrogens is 361 g/mol. The van der Waals surface area contributed by atoms with Crippen LogP contribution in [-0.4, -0.2) is 50.8 Å². The summed E-state index contributed by atoms with van der Waals surface area (Å²) >= 11 is 0. The Balaban J connectivity index is 1.96. The Morgan fingerprint density at radius 2 is 2.08 bits per heavy atom. The highest BCUT2D eigenvalue weighted by Crippen LogP contribution is 2.27. The van der Waals surface area contributed by atoms with Crippen LogP contribution >= 0.6 is 0 Å². The first-order chi connectivity index (χ1) is 12.5. The van der Waals surface area contributed by atoms with Crippen LogP contribution in [0.3, 0.4) is 0 Å². The molecule has 0 aliphatic carbocycles. The van der Waals surface area contributed by atoms with E-state index in [-0.39, 0.29) is 29.6 Å². The van der Waals surface area contributed by atoms with Gasteiger partial charge >= 0.3 is 0 Å². The third-order valence-electron chi connectivity index (χ3n) is 3.69. The molecule has 0 fully saturated rings. The van der Waals surface area contributed by atoms with Gasteiger partial charge in [-0.3, -0.25) is 0 Å². The second-order valence-corrected chi connectivity index (χ2v) is 6.94. The normalized spacial score (nSPS) is 15.0. The van der Waals surface area contributed by atoms with E-state index in [1.54, 1.807) is 18.2 Å². The minimum atomic E-state index is -3.80. The molecule has 26 heavy (non-hydrogen) atoms. The summed E-state index contributed by atoms with van der Waals surface area (Å²) in [5, 5.41) is 14.8. The quantitative estimate of drug-likeness (QED) is 0.631. The number of halogens is 1. The van der Waals surface area contributed by atoms with Gasteiger partial charge in [-0.05, 0) is 29.8 Å². The van der Waals surface area contributed by atoms with Crippen molar-refractivity contribution in [2.24, 2.45) is 9.50 Å². The Bertz CT molecular complexity index is 989. The van der Waals surface area contributed by atoms with Crippen LogP contribution in [0.4, 0.5) is 4.39 Å². The van der Waals surface area contributed by atoms with E-state index in [2.05, 4.69) is 9.50 Å². The van der Waals surface area contributed by atoms with Crippen LogP contribution in [0.5, 0.6) is 5.75 Å². The number of hydrogen-bond donors (Lipinski definition) is 1. The maximum absolute atomic E-state index is 13.5. The van der Waals surface area contributed by atoms with E-state index in [1.807, 2.05) is 0 Å². The van der Waals surface area contributed by atoms with Gasteiger partial charge in [0.1, 0.15) is 4.90 Å². The number of methoxy groups -OCH3 is 1. The Kier molecular flexibility index (Phi) is 5.01. The minimum Gasteiger partial charge on any atom is -0.494 e. The summed E-state index contributed by atoms with van der Waals surface area (Å²) in [5.74, 6) is -0.314. The van der Waals surface area contributed by atoms with Gasteiger partial charge in [-0.1, -0.05) is 18.2 Å². The van der Waals surface area contributed by atoms with Crippen LogP contribution < -0.4 is 4.74 Å². The van der Waals surface area contributed by atoms with Gasteiger partial charge in [0.15, 0.2) is 17.4 Å². The lowest BCUT2D eigenvalue weighted by Crippen LogP contribution is -2.28. The van der Waals surface area contributed by atoms with Gasteiger partial charge in [-0.15, -0.1) is 4.40 Å². The first-order valence-electron chi connectivity index (χ1n) is 7.66. The molecule has 2 aromatic rings. The standard InChI is InChI=1S/C17H16FN3O4S/c1-25-15-10-12(6-7-14(15)18)11-19-21(8-9-22)17-13-4-2-3-5-16(13)26(23,24)20-17/h2-7,10-11,22H,8-9H2,1H3/b19-11+. The number of nitrogens with zero attached hydrogens (tertiary/aromatic N) is 3. The summed E-state index contributed by atoms with van der Waals surface area (Å²) < 4.78 is 46.5. The molecule has 2 aromatic carbocycles. The van der Waals surface area contributed by atoms with Crippen molar-refractivity contribution in [3.05, 3.63) is 59.4 Å². The van der Waals surface area contributed by atoms with Crippen molar-refractivity contribution < 1.29 is 22.7 Å². The molecule has 0 radical (unpaired) electrons. The van der Waals surface area contributed by atoms with Crippen LogP contribution in [0.2, 0.25) is 0 Å². The zero-order valence-corrected chi connectivity index (χ0v) is 14.6. The van der Waals surface area contributed by atoms with E-state index in [4.69, 9.17) is 4.74 Å². The third kappa shape index (κ3) is 3.44. The van der Waals surface area contributed by atoms with Crippen molar-refractivity contribution in [3.63, 3.8) is 0 Å². The minimum absolute atomic E-state index is 0.0392. The molecular formula is C17H16FN3O4S. The number of rotatable bonds is 5. The Morgan fingerprint density at radius 1 is 1.31 bits per heavy atom. The molecule has 9 heteroatoms. The van der Waals surface area contributed by atoms with Crippen molar-refractivity contribution in [2.75, 3.05) is 20.3 Å². The second-order valence-electron chi connectivity index (χ2n) is 5.37. The first kappa shape index (κ1) is 18.0. The van der Waals surface area contributed by atoms with Gasteiger partial charge in [-0.2, -0.15) is 13.5 Å². The lowest BCUT2D eigenvalue weighted by Gasteiger charge is -2.17. The molecule has 0 aromatic heterocycles. The molecule has 0 atom stereocenters. The highest BCUT2D eigenvalue weighted by atomic mass is 32.2. The number of ether oxygens (including phenoxy) is 1.